The van der Waals surface area contributed by atoms with Crippen LogP contribution < -0.4 is 5.73 Å². The molecule has 2 N–H and O–H groups in total. The van der Waals surface area contributed by atoms with E-state index in [-0.39, 0.29) is 24.5 Å². The van der Waals surface area contributed by atoms with Crippen LogP contribution in [0.3, 0.4) is 0 Å². The van der Waals surface area contributed by atoms with Crippen LogP contribution in [0.2, 0.25) is 0 Å². The minimum Gasteiger partial charge on any atom is -0.378 e. The third-order valence-electron chi connectivity index (χ3n) is 5.74. The first kappa shape index (κ1) is 15.7. The van der Waals surface area contributed by atoms with Crippen molar-refractivity contribution in [1.29, 1.82) is 0 Å². The lowest BCUT2D eigenvalue weighted by molar-refractivity contribution is -0.181. The van der Waals surface area contributed by atoms with Gasteiger partial charge in [-0.3, -0.25) is 9.59 Å². The van der Waals surface area contributed by atoms with Crippen LogP contribution in [-0.2, 0) is 14.3 Å². The van der Waals surface area contributed by atoms with Crippen molar-refractivity contribution >= 4 is 11.8 Å². The SMILES string of the molecule is CCOC1CC(N)(C(=O)N2CCN(C3CC3)C(=O)C2)C1(C)C. The lowest BCUT2D eigenvalue weighted by atomic mass is 9.54. The van der Waals surface area contributed by atoms with Gasteiger partial charge in [0.05, 0.1) is 12.6 Å². The molecule has 0 aromatic rings. The van der Waals surface area contributed by atoms with E-state index >= 15 is 0 Å². The Morgan fingerprint density at radius 1 is 1.36 bits per heavy atom. The zero-order chi connectivity index (χ0) is 16.1. The molecule has 3 fully saturated rings. The Morgan fingerprint density at radius 2 is 2.05 bits per heavy atom. The van der Waals surface area contributed by atoms with Crippen LogP contribution in [0.15, 0.2) is 0 Å². The van der Waals surface area contributed by atoms with E-state index in [0.717, 1.165) is 12.8 Å². The summed E-state index contributed by atoms with van der Waals surface area (Å²) in [6, 6.07) is 0.416. The Morgan fingerprint density at radius 3 is 2.55 bits per heavy atom. The number of rotatable bonds is 4. The molecule has 6 heteroatoms. The molecule has 1 aliphatic heterocycles. The smallest absolute Gasteiger partial charge is 0.243 e. The maximum atomic E-state index is 12.9. The molecule has 124 valence electrons. The fraction of sp³-hybridized carbons (Fsp3) is 0.875. The lowest BCUT2D eigenvalue weighted by Gasteiger charge is -2.59. The monoisotopic (exact) mass is 309 g/mol. The molecule has 2 aliphatic carbocycles. The van der Waals surface area contributed by atoms with E-state index in [1.165, 1.54) is 0 Å². The third kappa shape index (κ3) is 2.24. The number of amides is 2. The van der Waals surface area contributed by atoms with Crippen LogP contribution in [0.25, 0.3) is 0 Å². The average Bonchev–Trinajstić information content (AvgIpc) is 3.30. The molecule has 0 spiro atoms. The topological polar surface area (TPSA) is 75.9 Å². The number of piperazine rings is 1. The number of hydrogen-bond donors (Lipinski definition) is 1. The van der Waals surface area contributed by atoms with Gasteiger partial charge in [-0.2, -0.15) is 0 Å². The second-order valence-corrected chi connectivity index (χ2v) is 7.39. The predicted molar refractivity (Wildman–Crippen MR) is 82.0 cm³/mol. The molecule has 2 amide bonds. The van der Waals surface area contributed by atoms with Crippen molar-refractivity contribution in [1.82, 2.24) is 9.80 Å². The van der Waals surface area contributed by atoms with E-state index in [0.29, 0.717) is 32.2 Å². The van der Waals surface area contributed by atoms with Crippen molar-refractivity contribution < 1.29 is 14.3 Å². The molecule has 22 heavy (non-hydrogen) atoms. The Labute approximate surface area is 131 Å². The molecule has 1 saturated heterocycles. The number of nitrogens with two attached hydrogens (primary N) is 1. The highest BCUT2D eigenvalue weighted by molar-refractivity contribution is 5.93. The minimum atomic E-state index is -0.922. The summed E-state index contributed by atoms with van der Waals surface area (Å²) >= 11 is 0. The normalized spacial score (nSPS) is 34.5. The molecule has 1 heterocycles. The molecule has 2 unspecified atom stereocenters. The van der Waals surface area contributed by atoms with Gasteiger partial charge in [0.15, 0.2) is 0 Å². The van der Waals surface area contributed by atoms with Crippen molar-refractivity contribution in [2.75, 3.05) is 26.2 Å². The number of carbonyl (C=O) groups is 2. The molecule has 0 radical (unpaired) electrons. The van der Waals surface area contributed by atoms with E-state index in [1.807, 2.05) is 25.7 Å². The second kappa shape index (κ2) is 5.20. The number of carbonyl (C=O) groups excluding carboxylic acids is 2. The van der Waals surface area contributed by atoms with Crippen molar-refractivity contribution in [3.8, 4) is 0 Å². The first-order valence-corrected chi connectivity index (χ1v) is 8.30. The molecule has 0 bridgehead atoms. The van der Waals surface area contributed by atoms with E-state index in [4.69, 9.17) is 10.5 Å². The number of hydrogen-bond acceptors (Lipinski definition) is 4. The van der Waals surface area contributed by atoms with Gasteiger partial charge < -0.3 is 20.3 Å². The van der Waals surface area contributed by atoms with E-state index in [9.17, 15) is 9.59 Å². The maximum absolute atomic E-state index is 12.9. The summed E-state index contributed by atoms with van der Waals surface area (Å²) in [4.78, 5) is 28.7. The minimum absolute atomic E-state index is 0.00917. The quantitative estimate of drug-likeness (QED) is 0.813. The zero-order valence-electron chi connectivity index (χ0n) is 13.8. The highest BCUT2D eigenvalue weighted by Crippen LogP contribution is 2.50. The zero-order valence-corrected chi connectivity index (χ0v) is 13.8. The second-order valence-electron chi connectivity index (χ2n) is 7.39. The summed E-state index contributed by atoms with van der Waals surface area (Å²) in [6.45, 7) is 7.94. The van der Waals surface area contributed by atoms with Gasteiger partial charge in [-0.1, -0.05) is 13.8 Å². The van der Waals surface area contributed by atoms with Crippen LogP contribution in [0, 0.1) is 5.41 Å². The Hall–Kier alpha value is -1.14. The van der Waals surface area contributed by atoms with Crippen LogP contribution >= 0.6 is 0 Å². The van der Waals surface area contributed by atoms with Crippen LogP contribution in [0.5, 0.6) is 0 Å². The fourth-order valence-electron chi connectivity index (χ4n) is 3.71. The molecule has 2 atom stereocenters. The van der Waals surface area contributed by atoms with Crippen molar-refractivity contribution in [3.05, 3.63) is 0 Å². The summed E-state index contributed by atoms with van der Waals surface area (Å²) in [5, 5.41) is 0. The lowest BCUT2D eigenvalue weighted by Crippen LogP contribution is -2.77. The Bertz CT molecular complexity index is 489. The van der Waals surface area contributed by atoms with Crippen LogP contribution in [0.1, 0.15) is 40.0 Å². The molecule has 0 aromatic carbocycles. The van der Waals surface area contributed by atoms with Gasteiger partial charge in [-0.25, -0.2) is 0 Å². The van der Waals surface area contributed by atoms with Gasteiger partial charge in [0, 0.05) is 37.6 Å². The fourth-order valence-corrected chi connectivity index (χ4v) is 3.71. The Balaban J connectivity index is 1.66. The third-order valence-corrected chi connectivity index (χ3v) is 5.74. The summed E-state index contributed by atoms with van der Waals surface area (Å²) in [6.07, 6.45) is 2.74. The maximum Gasteiger partial charge on any atom is 0.243 e. The standard InChI is InChI=1S/C16H27N3O3/c1-4-22-12-9-16(17,15(12,2)3)14(21)18-7-8-19(11-5-6-11)13(20)10-18/h11-12H,4-10,17H2,1-3H3. The van der Waals surface area contributed by atoms with E-state index < -0.39 is 11.0 Å². The Kier molecular flexibility index (Phi) is 3.72. The summed E-state index contributed by atoms with van der Waals surface area (Å²) < 4.78 is 5.68. The van der Waals surface area contributed by atoms with Gasteiger partial charge in [-0.05, 0) is 19.8 Å². The molecular weight excluding hydrogens is 282 g/mol. The number of nitrogens with zero attached hydrogens (tertiary/aromatic N) is 2. The number of ether oxygens (including phenoxy) is 1. The van der Waals surface area contributed by atoms with Gasteiger partial charge in [0.1, 0.15) is 5.54 Å². The summed E-state index contributed by atoms with van der Waals surface area (Å²) in [5.41, 5.74) is 5.10. The largest absolute Gasteiger partial charge is 0.378 e. The first-order chi connectivity index (χ1) is 10.3. The molecule has 3 aliphatic rings. The summed E-state index contributed by atoms with van der Waals surface area (Å²) in [5.74, 6) is -0.0403. The van der Waals surface area contributed by atoms with Crippen molar-refractivity contribution in [3.63, 3.8) is 0 Å². The van der Waals surface area contributed by atoms with Gasteiger partial charge in [0.25, 0.3) is 0 Å². The van der Waals surface area contributed by atoms with Gasteiger partial charge >= 0.3 is 0 Å². The summed E-state index contributed by atoms with van der Waals surface area (Å²) in [7, 11) is 0. The van der Waals surface area contributed by atoms with Crippen LogP contribution in [0.4, 0.5) is 0 Å². The van der Waals surface area contributed by atoms with E-state index in [2.05, 4.69) is 0 Å². The average molecular weight is 309 g/mol. The molecule has 0 aromatic heterocycles. The highest BCUT2D eigenvalue weighted by atomic mass is 16.5. The van der Waals surface area contributed by atoms with Crippen molar-refractivity contribution in [2.24, 2.45) is 11.1 Å². The van der Waals surface area contributed by atoms with Gasteiger partial charge in [0.2, 0.25) is 11.8 Å². The van der Waals surface area contributed by atoms with Gasteiger partial charge in [-0.15, -0.1) is 0 Å². The molecule has 3 rings (SSSR count). The predicted octanol–water partition coefficient (Wildman–Crippen LogP) is 0.352. The molecule has 2 saturated carbocycles. The van der Waals surface area contributed by atoms with E-state index in [1.54, 1.807) is 4.90 Å². The highest BCUT2D eigenvalue weighted by Gasteiger charge is 2.64. The molecular formula is C16H27N3O3. The molecule has 6 nitrogen and oxygen atoms in total. The van der Waals surface area contributed by atoms with Crippen LogP contribution in [-0.4, -0.2) is 65.5 Å². The first-order valence-electron chi connectivity index (χ1n) is 8.30. The van der Waals surface area contributed by atoms with Crippen molar-refractivity contribution in [2.45, 2.75) is 57.7 Å².